The maximum Gasteiger partial charge on any atom is 0.138 e. The van der Waals surface area contributed by atoms with Crippen LogP contribution in [0.25, 0.3) is 0 Å². The van der Waals surface area contributed by atoms with E-state index in [1.807, 2.05) is 7.05 Å². The fraction of sp³-hybridized carbons (Fsp3) is 0.333. The van der Waals surface area contributed by atoms with E-state index in [-0.39, 0.29) is 6.04 Å². The Kier molecular flexibility index (Phi) is 2.68. The molecule has 6 nitrogen and oxygen atoms in total. The lowest BCUT2D eigenvalue weighted by atomic mass is 10.1. The zero-order valence-electron chi connectivity index (χ0n) is 8.41. The fourth-order valence-electron chi connectivity index (χ4n) is 1.33. The van der Waals surface area contributed by atoms with E-state index in [1.54, 1.807) is 16.9 Å². The number of aryl methyl sites for hydroxylation is 1. The van der Waals surface area contributed by atoms with Crippen LogP contribution in [0.1, 0.15) is 17.6 Å². The van der Waals surface area contributed by atoms with Crippen LogP contribution in [-0.4, -0.2) is 24.7 Å². The standard InChI is InChI=1S/C9H12N6/c1-15-9(13-6-14-15)4-7(10)8-2-3-11-5-12-8/h2-3,5-7H,4,10H2,1H3. The smallest absolute Gasteiger partial charge is 0.138 e. The van der Waals surface area contributed by atoms with Gasteiger partial charge in [-0.3, -0.25) is 4.68 Å². The van der Waals surface area contributed by atoms with E-state index in [1.165, 1.54) is 12.7 Å². The molecule has 0 aliphatic carbocycles. The molecule has 2 aromatic heterocycles. The number of hydrogen-bond donors (Lipinski definition) is 1. The summed E-state index contributed by atoms with van der Waals surface area (Å²) in [5.74, 6) is 0.848. The largest absolute Gasteiger partial charge is 0.322 e. The van der Waals surface area contributed by atoms with Crippen molar-refractivity contribution in [2.24, 2.45) is 12.8 Å². The highest BCUT2D eigenvalue weighted by molar-refractivity contribution is 5.06. The molecular weight excluding hydrogens is 192 g/mol. The van der Waals surface area contributed by atoms with Gasteiger partial charge in [0.1, 0.15) is 18.5 Å². The van der Waals surface area contributed by atoms with Gasteiger partial charge in [-0.2, -0.15) is 5.10 Å². The van der Waals surface area contributed by atoms with Crippen LogP contribution in [0, 0.1) is 0 Å². The molecule has 15 heavy (non-hydrogen) atoms. The van der Waals surface area contributed by atoms with E-state index >= 15 is 0 Å². The molecule has 0 radical (unpaired) electrons. The average molecular weight is 204 g/mol. The molecule has 2 heterocycles. The van der Waals surface area contributed by atoms with E-state index in [2.05, 4.69) is 20.1 Å². The van der Waals surface area contributed by atoms with E-state index < -0.39 is 0 Å². The monoisotopic (exact) mass is 204 g/mol. The third kappa shape index (κ3) is 2.16. The van der Waals surface area contributed by atoms with Crippen LogP contribution in [-0.2, 0) is 13.5 Å². The van der Waals surface area contributed by atoms with Gasteiger partial charge in [0.2, 0.25) is 0 Å². The summed E-state index contributed by atoms with van der Waals surface area (Å²) in [4.78, 5) is 12.0. The van der Waals surface area contributed by atoms with Gasteiger partial charge in [0.25, 0.3) is 0 Å². The highest BCUT2D eigenvalue weighted by Crippen LogP contribution is 2.10. The quantitative estimate of drug-likeness (QED) is 0.751. The van der Waals surface area contributed by atoms with Crippen LogP contribution in [0.2, 0.25) is 0 Å². The van der Waals surface area contributed by atoms with Crippen molar-refractivity contribution in [2.75, 3.05) is 0 Å². The molecule has 2 aromatic rings. The van der Waals surface area contributed by atoms with Gasteiger partial charge in [-0.15, -0.1) is 0 Å². The third-order valence-corrected chi connectivity index (χ3v) is 2.19. The highest BCUT2D eigenvalue weighted by atomic mass is 15.3. The van der Waals surface area contributed by atoms with Gasteiger partial charge in [0, 0.05) is 19.7 Å². The van der Waals surface area contributed by atoms with Crippen LogP contribution in [0.3, 0.4) is 0 Å². The number of nitrogens with two attached hydrogens (primary N) is 1. The number of hydrogen-bond acceptors (Lipinski definition) is 5. The molecule has 2 rings (SSSR count). The second-order valence-electron chi connectivity index (χ2n) is 3.24. The minimum absolute atomic E-state index is 0.170. The molecule has 2 N–H and O–H groups in total. The Morgan fingerprint density at radius 3 is 2.87 bits per heavy atom. The Balaban J connectivity index is 2.11. The molecule has 0 saturated carbocycles. The Morgan fingerprint density at radius 2 is 2.27 bits per heavy atom. The molecule has 0 spiro atoms. The summed E-state index contributed by atoms with van der Waals surface area (Å²) in [5.41, 5.74) is 6.80. The summed E-state index contributed by atoms with van der Waals surface area (Å²) in [5, 5.41) is 3.98. The van der Waals surface area contributed by atoms with Gasteiger partial charge < -0.3 is 5.73 Å². The molecule has 0 aliphatic rings. The van der Waals surface area contributed by atoms with Crippen molar-refractivity contribution >= 4 is 0 Å². The van der Waals surface area contributed by atoms with Crippen molar-refractivity contribution in [3.05, 3.63) is 36.4 Å². The Bertz CT molecular complexity index is 423. The van der Waals surface area contributed by atoms with Gasteiger partial charge in [0.05, 0.1) is 11.7 Å². The molecule has 78 valence electrons. The van der Waals surface area contributed by atoms with E-state index in [9.17, 15) is 0 Å². The molecular formula is C9H12N6. The lowest BCUT2D eigenvalue weighted by Gasteiger charge is -2.09. The van der Waals surface area contributed by atoms with Gasteiger partial charge in [0.15, 0.2) is 0 Å². The summed E-state index contributed by atoms with van der Waals surface area (Å²) < 4.78 is 1.71. The SMILES string of the molecule is Cn1ncnc1CC(N)c1ccncn1. The molecule has 0 aromatic carbocycles. The van der Waals surface area contributed by atoms with E-state index in [0.717, 1.165) is 11.5 Å². The minimum atomic E-state index is -0.170. The topological polar surface area (TPSA) is 82.5 Å². The fourth-order valence-corrected chi connectivity index (χ4v) is 1.33. The second-order valence-corrected chi connectivity index (χ2v) is 3.24. The van der Waals surface area contributed by atoms with E-state index in [4.69, 9.17) is 5.73 Å². The first kappa shape index (κ1) is 9.72. The third-order valence-electron chi connectivity index (χ3n) is 2.19. The van der Waals surface area contributed by atoms with Crippen molar-refractivity contribution in [1.29, 1.82) is 0 Å². The molecule has 0 amide bonds. The number of aromatic nitrogens is 5. The van der Waals surface area contributed by atoms with Gasteiger partial charge in [-0.1, -0.05) is 0 Å². The van der Waals surface area contributed by atoms with Gasteiger partial charge >= 0.3 is 0 Å². The molecule has 1 atom stereocenters. The Morgan fingerprint density at radius 1 is 1.40 bits per heavy atom. The molecule has 0 aliphatic heterocycles. The van der Waals surface area contributed by atoms with Crippen molar-refractivity contribution < 1.29 is 0 Å². The van der Waals surface area contributed by atoms with Crippen molar-refractivity contribution in [3.63, 3.8) is 0 Å². The summed E-state index contributed by atoms with van der Waals surface area (Å²) in [7, 11) is 1.84. The van der Waals surface area contributed by atoms with Gasteiger partial charge in [-0.05, 0) is 6.07 Å². The average Bonchev–Trinajstić information content (AvgIpc) is 2.66. The summed E-state index contributed by atoms with van der Waals surface area (Å²) >= 11 is 0. The van der Waals surface area contributed by atoms with Crippen LogP contribution < -0.4 is 5.73 Å². The molecule has 0 saturated heterocycles. The maximum absolute atomic E-state index is 5.98. The summed E-state index contributed by atoms with van der Waals surface area (Å²) in [6, 6.07) is 1.64. The highest BCUT2D eigenvalue weighted by Gasteiger charge is 2.11. The number of nitrogens with zero attached hydrogens (tertiary/aromatic N) is 5. The first-order chi connectivity index (χ1) is 7.27. The lowest BCUT2D eigenvalue weighted by Crippen LogP contribution is -2.17. The predicted molar refractivity (Wildman–Crippen MR) is 53.7 cm³/mol. The van der Waals surface area contributed by atoms with Crippen molar-refractivity contribution in [1.82, 2.24) is 24.7 Å². The zero-order chi connectivity index (χ0) is 10.7. The van der Waals surface area contributed by atoms with Crippen molar-refractivity contribution in [3.8, 4) is 0 Å². The molecule has 1 unspecified atom stereocenters. The summed E-state index contributed by atoms with van der Waals surface area (Å²) in [6.45, 7) is 0. The molecule has 0 fully saturated rings. The van der Waals surface area contributed by atoms with Crippen LogP contribution in [0.15, 0.2) is 24.9 Å². The lowest BCUT2D eigenvalue weighted by molar-refractivity contribution is 0.617. The zero-order valence-corrected chi connectivity index (χ0v) is 8.41. The first-order valence-electron chi connectivity index (χ1n) is 4.61. The molecule has 6 heteroatoms. The van der Waals surface area contributed by atoms with Crippen molar-refractivity contribution in [2.45, 2.75) is 12.5 Å². The van der Waals surface area contributed by atoms with Gasteiger partial charge in [-0.25, -0.2) is 15.0 Å². The number of rotatable bonds is 3. The molecule has 0 bridgehead atoms. The Labute approximate surface area is 87.2 Å². The minimum Gasteiger partial charge on any atom is -0.322 e. The van der Waals surface area contributed by atoms with Crippen LogP contribution in [0.4, 0.5) is 0 Å². The summed E-state index contributed by atoms with van der Waals surface area (Å²) in [6.07, 6.45) is 5.31. The van der Waals surface area contributed by atoms with Crippen LogP contribution in [0.5, 0.6) is 0 Å². The normalized spacial score (nSPS) is 12.7. The van der Waals surface area contributed by atoms with Crippen LogP contribution >= 0.6 is 0 Å². The predicted octanol–water partition coefficient (Wildman–Crippen LogP) is -0.152. The maximum atomic E-state index is 5.98. The van der Waals surface area contributed by atoms with E-state index in [0.29, 0.717) is 6.42 Å². The second kappa shape index (κ2) is 4.14. The Hall–Kier alpha value is -1.82. The first-order valence-corrected chi connectivity index (χ1v) is 4.61.